The molecule has 2 amide bonds. The standard InChI is InChI=1S/C18H19ClN2O2S/c1-3-13-4-6-14(7-5-13)18(23)21-20-17(22)12(2)24-16-10-8-15(19)9-11-16/h4-12H,3H2,1-2H3,(H,20,22)(H,21,23)/t12-/m0/s1. The number of amides is 2. The molecule has 0 aliphatic heterocycles. The van der Waals surface area contributed by atoms with Gasteiger partial charge >= 0.3 is 0 Å². The van der Waals surface area contributed by atoms with Gasteiger partial charge in [-0.2, -0.15) is 0 Å². The van der Waals surface area contributed by atoms with Crippen LogP contribution in [-0.2, 0) is 11.2 Å². The number of hydrogen-bond acceptors (Lipinski definition) is 3. The zero-order chi connectivity index (χ0) is 17.5. The fourth-order valence-corrected chi connectivity index (χ4v) is 2.95. The number of carbonyl (C=O) groups excluding carboxylic acids is 2. The zero-order valence-electron chi connectivity index (χ0n) is 13.5. The maximum atomic E-state index is 12.1. The zero-order valence-corrected chi connectivity index (χ0v) is 15.1. The summed E-state index contributed by atoms with van der Waals surface area (Å²) in [6.07, 6.45) is 0.915. The van der Waals surface area contributed by atoms with Crippen LogP contribution in [0.4, 0.5) is 0 Å². The molecule has 0 aromatic heterocycles. The Morgan fingerprint density at radius 1 is 1.04 bits per heavy atom. The molecule has 0 saturated carbocycles. The summed E-state index contributed by atoms with van der Waals surface area (Å²) in [5, 5.41) is 0.298. The number of hydrogen-bond donors (Lipinski definition) is 2. The normalized spacial score (nSPS) is 11.6. The number of carbonyl (C=O) groups is 2. The van der Waals surface area contributed by atoms with E-state index in [0.717, 1.165) is 16.9 Å². The van der Waals surface area contributed by atoms with Crippen molar-refractivity contribution in [3.63, 3.8) is 0 Å². The molecule has 0 fully saturated rings. The minimum atomic E-state index is -0.353. The third-order valence-corrected chi connectivity index (χ3v) is 4.78. The van der Waals surface area contributed by atoms with Crippen LogP contribution < -0.4 is 10.9 Å². The van der Waals surface area contributed by atoms with Crippen LogP contribution in [0.2, 0.25) is 5.02 Å². The van der Waals surface area contributed by atoms with Crippen LogP contribution in [0.3, 0.4) is 0 Å². The first-order valence-electron chi connectivity index (χ1n) is 7.61. The number of benzene rings is 2. The topological polar surface area (TPSA) is 58.2 Å². The van der Waals surface area contributed by atoms with Gasteiger partial charge in [0.15, 0.2) is 0 Å². The monoisotopic (exact) mass is 362 g/mol. The van der Waals surface area contributed by atoms with Crippen LogP contribution in [0.1, 0.15) is 29.8 Å². The molecule has 6 heteroatoms. The van der Waals surface area contributed by atoms with E-state index in [9.17, 15) is 9.59 Å². The smallest absolute Gasteiger partial charge is 0.269 e. The molecular weight excluding hydrogens is 344 g/mol. The fraction of sp³-hybridized carbons (Fsp3) is 0.222. The highest BCUT2D eigenvalue weighted by atomic mass is 35.5. The molecule has 0 unspecified atom stereocenters. The number of thioether (sulfide) groups is 1. The Kier molecular flexibility index (Phi) is 6.70. The lowest BCUT2D eigenvalue weighted by atomic mass is 10.1. The van der Waals surface area contributed by atoms with E-state index >= 15 is 0 Å². The summed E-state index contributed by atoms with van der Waals surface area (Å²) in [5.41, 5.74) is 6.56. The Bertz CT molecular complexity index is 702. The van der Waals surface area contributed by atoms with E-state index in [-0.39, 0.29) is 17.1 Å². The van der Waals surface area contributed by atoms with E-state index in [1.807, 2.05) is 24.3 Å². The van der Waals surface area contributed by atoms with Gasteiger partial charge in [-0.25, -0.2) is 0 Å². The number of halogens is 1. The molecule has 2 aromatic carbocycles. The third-order valence-electron chi connectivity index (χ3n) is 3.42. The van der Waals surface area contributed by atoms with Crippen LogP contribution in [0.25, 0.3) is 0 Å². The van der Waals surface area contributed by atoms with E-state index in [4.69, 9.17) is 11.6 Å². The van der Waals surface area contributed by atoms with Gasteiger partial charge in [0, 0.05) is 15.5 Å². The number of rotatable bonds is 5. The molecule has 2 rings (SSSR count). The molecular formula is C18H19ClN2O2S. The average Bonchev–Trinajstić information content (AvgIpc) is 2.61. The van der Waals surface area contributed by atoms with Crippen molar-refractivity contribution in [3.8, 4) is 0 Å². The molecule has 2 N–H and O–H groups in total. The lowest BCUT2D eigenvalue weighted by Crippen LogP contribution is -2.44. The lowest BCUT2D eigenvalue weighted by molar-refractivity contribution is -0.121. The number of nitrogens with one attached hydrogen (secondary N) is 2. The van der Waals surface area contributed by atoms with E-state index in [2.05, 4.69) is 17.8 Å². The van der Waals surface area contributed by atoms with Crippen molar-refractivity contribution in [2.24, 2.45) is 0 Å². The predicted octanol–water partition coefficient (Wildman–Crippen LogP) is 3.84. The number of aryl methyl sites for hydroxylation is 1. The van der Waals surface area contributed by atoms with Gasteiger partial charge in [-0.15, -0.1) is 11.8 Å². The molecule has 1 atom stereocenters. The molecule has 0 saturated heterocycles. The van der Waals surface area contributed by atoms with Gasteiger partial charge < -0.3 is 0 Å². The van der Waals surface area contributed by atoms with Crippen molar-refractivity contribution in [1.29, 1.82) is 0 Å². The van der Waals surface area contributed by atoms with Crippen molar-refractivity contribution in [1.82, 2.24) is 10.9 Å². The average molecular weight is 363 g/mol. The van der Waals surface area contributed by atoms with Gasteiger partial charge in [0.2, 0.25) is 0 Å². The maximum Gasteiger partial charge on any atom is 0.269 e. The van der Waals surface area contributed by atoms with Gasteiger partial charge in [-0.3, -0.25) is 20.4 Å². The molecule has 126 valence electrons. The Labute approximate surface area is 150 Å². The second kappa shape index (κ2) is 8.76. The summed E-state index contributed by atoms with van der Waals surface area (Å²) < 4.78 is 0. The summed E-state index contributed by atoms with van der Waals surface area (Å²) in [7, 11) is 0. The molecule has 0 bridgehead atoms. The minimum Gasteiger partial charge on any atom is -0.272 e. The quantitative estimate of drug-likeness (QED) is 0.627. The Balaban J connectivity index is 1.84. The molecule has 0 aliphatic rings. The second-order valence-corrected chi connectivity index (χ2v) is 7.06. The van der Waals surface area contributed by atoms with Crippen molar-refractivity contribution >= 4 is 35.2 Å². The Morgan fingerprint density at radius 3 is 2.25 bits per heavy atom. The van der Waals surface area contributed by atoms with E-state index in [1.165, 1.54) is 11.8 Å². The van der Waals surface area contributed by atoms with Crippen LogP contribution in [0.5, 0.6) is 0 Å². The summed E-state index contributed by atoms with van der Waals surface area (Å²) in [5.74, 6) is -0.608. The molecule has 0 heterocycles. The summed E-state index contributed by atoms with van der Waals surface area (Å²) in [6.45, 7) is 3.83. The Morgan fingerprint density at radius 2 is 1.67 bits per heavy atom. The van der Waals surface area contributed by atoms with Crippen LogP contribution in [0.15, 0.2) is 53.4 Å². The summed E-state index contributed by atoms with van der Waals surface area (Å²) in [6, 6.07) is 14.5. The molecule has 0 radical (unpaired) electrons. The van der Waals surface area contributed by atoms with Crippen LogP contribution >= 0.6 is 23.4 Å². The molecule has 24 heavy (non-hydrogen) atoms. The molecule has 0 spiro atoms. The minimum absolute atomic E-state index is 0.270. The largest absolute Gasteiger partial charge is 0.272 e. The van der Waals surface area contributed by atoms with Crippen molar-refractivity contribution in [3.05, 3.63) is 64.7 Å². The van der Waals surface area contributed by atoms with E-state index in [0.29, 0.717) is 10.6 Å². The highest BCUT2D eigenvalue weighted by Crippen LogP contribution is 2.24. The summed E-state index contributed by atoms with van der Waals surface area (Å²) in [4.78, 5) is 25.0. The van der Waals surface area contributed by atoms with E-state index in [1.54, 1.807) is 31.2 Å². The van der Waals surface area contributed by atoms with Gasteiger partial charge in [0.05, 0.1) is 5.25 Å². The van der Waals surface area contributed by atoms with E-state index < -0.39 is 0 Å². The van der Waals surface area contributed by atoms with Gasteiger partial charge in [-0.05, 0) is 55.3 Å². The third kappa shape index (κ3) is 5.28. The number of hydrazine groups is 1. The maximum absolute atomic E-state index is 12.1. The van der Waals surface area contributed by atoms with Crippen molar-refractivity contribution in [2.45, 2.75) is 30.4 Å². The van der Waals surface area contributed by atoms with Crippen LogP contribution in [0, 0.1) is 0 Å². The SMILES string of the molecule is CCc1ccc(C(=O)NNC(=O)[C@H](C)Sc2ccc(Cl)cc2)cc1. The second-order valence-electron chi connectivity index (χ2n) is 5.21. The van der Waals surface area contributed by atoms with Crippen molar-refractivity contribution in [2.75, 3.05) is 0 Å². The van der Waals surface area contributed by atoms with Gasteiger partial charge in [-0.1, -0.05) is 30.7 Å². The van der Waals surface area contributed by atoms with Crippen molar-refractivity contribution < 1.29 is 9.59 Å². The molecule has 0 aliphatic carbocycles. The first-order chi connectivity index (χ1) is 11.5. The molecule has 2 aromatic rings. The van der Waals surface area contributed by atoms with Gasteiger partial charge in [0.1, 0.15) is 0 Å². The lowest BCUT2D eigenvalue weighted by Gasteiger charge is -2.13. The van der Waals surface area contributed by atoms with Crippen LogP contribution in [-0.4, -0.2) is 17.1 Å². The van der Waals surface area contributed by atoms with Gasteiger partial charge in [0.25, 0.3) is 11.8 Å². The molecule has 4 nitrogen and oxygen atoms in total. The Hall–Kier alpha value is -1.98. The highest BCUT2D eigenvalue weighted by molar-refractivity contribution is 8.00. The first-order valence-corrected chi connectivity index (χ1v) is 8.86. The first kappa shape index (κ1) is 18.4. The predicted molar refractivity (Wildman–Crippen MR) is 98.2 cm³/mol. The highest BCUT2D eigenvalue weighted by Gasteiger charge is 2.15. The summed E-state index contributed by atoms with van der Waals surface area (Å²) >= 11 is 7.23. The fourth-order valence-electron chi connectivity index (χ4n) is 1.95.